The molecule has 7 heteroatoms. The largest absolute Gasteiger partial charge is 0.493 e. The predicted molar refractivity (Wildman–Crippen MR) is 76.8 cm³/mol. The van der Waals surface area contributed by atoms with E-state index < -0.39 is 25.1 Å². The molecule has 1 amide bonds. The van der Waals surface area contributed by atoms with E-state index >= 15 is 0 Å². The zero-order valence-corrected chi connectivity index (χ0v) is 12.5. The molecule has 1 aliphatic rings. The number of benzene rings is 1. The summed E-state index contributed by atoms with van der Waals surface area (Å²) in [6, 6.07) is 8.91. The Hall–Kier alpha value is -2.23. The van der Waals surface area contributed by atoms with E-state index in [9.17, 15) is 18.0 Å². The molecule has 124 valence electrons. The Kier molecular flexibility index (Phi) is 5.48. The number of para-hydroxylation sites is 1. The van der Waals surface area contributed by atoms with Gasteiger partial charge in [-0.15, -0.1) is 0 Å². The molecule has 0 aromatic heterocycles. The van der Waals surface area contributed by atoms with E-state index in [0.717, 1.165) is 4.90 Å². The molecule has 0 N–H and O–H groups in total. The summed E-state index contributed by atoms with van der Waals surface area (Å²) in [6.45, 7) is -0.0761. The van der Waals surface area contributed by atoms with Gasteiger partial charge in [0.25, 0.3) is 0 Å². The zero-order chi connectivity index (χ0) is 16.9. The third kappa shape index (κ3) is 4.62. The number of ether oxygens (including phenoxy) is 1. The van der Waals surface area contributed by atoms with E-state index in [4.69, 9.17) is 10.00 Å². The molecule has 0 aliphatic carbocycles. The molecule has 1 aromatic rings. The van der Waals surface area contributed by atoms with E-state index in [0.29, 0.717) is 24.3 Å². The molecule has 2 rings (SSSR count). The Balaban J connectivity index is 2.15. The quantitative estimate of drug-likeness (QED) is 0.834. The first-order chi connectivity index (χ1) is 10.9. The smallest absolute Gasteiger partial charge is 0.390 e. The number of hydrogen-bond acceptors (Lipinski definition) is 3. The summed E-state index contributed by atoms with van der Waals surface area (Å²) in [6.07, 6.45) is -4.98. The second-order valence-corrected chi connectivity index (χ2v) is 5.33. The number of rotatable bonds is 5. The van der Waals surface area contributed by atoms with Gasteiger partial charge in [-0.2, -0.15) is 18.4 Å². The molecule has 23 heavy (non-hydrogen) atoms. The van der Waals surface area contributed by atoms with Crippen LogP contribution in [0, 0.1) is 11.3 Å². The predicted octanol–water partition coefficient (Wildman–Crippen LogP) is 3.25. The third-order valence-corrected chi connectivity index (χ3v) is 3.73. The Morgan fingerprint density at radius 1 is 1.35 bits per heavy atom. The van der Waals surface area contributed by atoms with Crippen LogP contribution in [0.25, 0.3) is 0 Å². The number of nitriles is 1. The van der Waals surface area contributed by atoms with E-state index in [1.54, 1.807) is 24.3 Å². The first-order valence-electron chi connectivity index (χ1n) is 7.36. The van der Waals surface area contributed by atoms with Crippen molar-refractivity contribution in [3.63, 3.8) is 0 Å². The van der Waals surface area contributed by atoms with Gasteiger partial charge < -0.3 is 9.64 Å². The van der Waals surface area contributed by atoms with Crippen molar-refractivity contribution in [2.24, 2.45) is 0 Å². The number of carbonyl (C=O) groups is 1. The summed E-state index contributed by atoms with van der Waals surface area (Å²) in [5, 5.41) is 8.66. The van der Waals surface area contributed by atoms with Crippen molar-refractivity contribution in [2.75, 3.05) is 19.7 Å². The van der Waals surface area contributed by atoms with Crippen molar-refractivity contribution in [1.29, 1.82) is 5.26 Å². The van der Waals surface area contributed by atoms with Gasteiger partial charge in [0.2, 0.25) is 5.91 Å². The van der Waals surface area contributed by atoms with Crippen LogP contribution in [0.3, 0.4) is 0 Å². The molecule has 1 heterocycles. The van der Waals surface area contributed by atoms with Gasteiger partial charge in [0.05, 0.1) is 31.4 Å². The first-order valence-corrected chi connectivity index (χ1v) is 7.36. The summed E-state index contributed by atoms with van der Waals surface area (Å²) < 4.78 is 42.9. The minimum absolute atomic E-state index is 0.00490. The molecule has 0 unspecified atom stereocenters. The van der Waals surface area contributed by atoms with Crippen LogP contribution in [0.15, 0.2) is 24.3 Å². The highest BCUT2D eigenvalue weighted by Crippen LogP contribution is 2.35. The Bertz CT molecular complexity index is 596. The number of alkyl halides is 3. The number of carbonyl (C=O) groups excluding carboxylic acids is 1. The lowest BCUT2D eigenvalue weighted by Crippen LogP contribution is -2.39. The highest BCUT2D eigenvalue weighted by atomic mass is 19.4. The molecule has 0 radical (unpaired) electrons. The van der Waals surface area contributed by atoms with Crippen LogP contribution in [0.1, 0.15) is 30.7 Å². The molecule has 0 saturated heterocycles. The second-order valence-electron chi connectivity index (χ2n) is 5.33. The first kappa shape index (κ1) is 17.1. The van der Waals surface area contributed by atoms with Crippen molar-refractivity contribution in [2.45, 2.75) is 31.4 Å². The third-order valence-electron chi connectivity index (χ3n) is 3.73. The summed E-state index contributed by atoms with van der Waals surface area (Å²) in [5.41, 5.74) is 0.692. The molecule has 1 aromatic carbocycles. The van der Waals surface area contributed by atoms with Crippen LogP contribution in [0.4, 0.5) is 13.2 Å². The van der Waals surface area contributed by atoms with Crippen molar-refractivity contribution in [1.82, 2.24) is 4.90 Å². The lowest BCUT2D eigenvalue weighted by Gasteiger charge is -2.30. The number of halogens is 3. The highest BCUT2D eigenvalue weighted by Gasteiger charge is 2.33. The Morgan fingerprint density at radius 2 is 2.09 bits per heavy atom. The summed E-state index contributed by atoms with van der Waals surface area (Å²) in [7, 11) is 0. The molecule has 0 fully saturated rings. The fourth-order valence-electron chi connectivity index (χ4n) is 2.60. The topological polar surface area (TPSA) is 53.3 Å². The normalized spacial score (nSPS) is 16.9. The van der Waals surface area contributed by atoms with Gasteiger partial charge in [0, 0.05) is 18.7 Å². The Morgan fingerprint density at radius 3 is 2.78 bits per heavy atom. The monoisotopic (exact) mass is 326 g/mol. The van der Waals surface area contributed by atoms with Gasteiger partial charge in [-0.1, -0.05) is 18.2 Å². The Labute approximate surface area is 132 Å². The van der Waals surface area contributed by atoms with Crippen LogP contribution in [0.2, 0.25) is 0 Å². The minimum atomic E-state index is -4.33. The molecule has 1 atom stereocenters. The molecule has 0 saturated carbocycles. The van der Waals surface area contributed by atoms with Gasteiger partial charge in [0.1, 0.15) is 5.75 Å². The number of fused-ring (bicyclic) bond motifs is 1. The molecule has 0 bridgehead atoms. The number of hydrogen-bond donors (Lipinski definition) is 0. The zero-order valence-electron chi connectivity index (χ0n) is 12.5. The standard InChI is InChI=1S/C16H17F3N2O2/c17-16(18,19)7-10-21(9-3-8-20)15(22)13-6-11-23-14-5-2-1-4-12(13)14/h1-2,4-5,13H,3,6-7,9-11H2/t13-/m0/s1. The average molecular weight is 326 g/mol. The lowest BCUT2D eigenvalue weighted by atomic mass is 9.91. The summed E-state index contributed by atoms with van der Waals surface area (Å²) in [5.74, 6) is -0.305. The summed E-state index contributed by atoms with van der Waals surface area (Å²) in [4.78, 5) is 13.8. The van der Waals surface area contributed by atoms with Crippen molar-refractivity contribution in [3.8, 4) is 11.8 Å². The molecular weight excluding hydrogens is 309 g/mol. The van der Waals surface area contributed by atoms with Gasteiger partial charge in [-0.25, -0.2) is 0 Å². The van der Waals surface area contributed by atoms with Crippen LogP contribution < -0.4 is 4.74 Å². The van der Waals surface area contributed by atoms with Crippen LogP contribution in [-0.4, -0.2) is 36.7 Å². The van der Waals surface area contributed by atoms with E-state index in [2.05, 4.69) is 0 Å². The van der Waals surface area contributed by atoms with Crippen molar-refractivity contribution in [3.05, 3.63) is 29.8 Å². The maximum Gasteiger partial charge on any atom is 0.390 e. The van der Waals surface area contributed by atoms with Crippen molar-refractivity contribution < 1.29 is 22.7 Å². The van der Waals surface area contributed by atoms with E-state index in [1.807, 2.05) is 6.07 Å². The van der Waals surface area contributed by atoms with Gasteiger partial charge >= 0.3 is 6.18 Å². The van der Waals surface area contributed by atoms with Gasteiger partial charge in [0.15, 0.2) is 0 Å². The van der Waals surface area contributed by atoms with Crippen molar-refractivity contribution >= 4 is 5.91 Å². The van der Waals surface area contributed by atoms with Crippen LogP contribution in [0.5, 0.6) is 5.75 Å². The highest BCUT2D eigenvalue weighted by molar-refractivity contribution is 5.84. The minimum Gasteiger partial charge on any atom is -0.493 e. The molecular formula is C16H17F3N2O2. The fourth-order valence-corrected chi connectivity index (χ4v) is 2.60. The number of nitrogens with zero attached hydrogens (tertiary/aromatic N) is 2. The van der Waals surface area contributed by atoms with Crippen LogP contribution >= 0.6 is 0 Å². The van der Waals surface area contributed by atoms with Gasteiger partial charge in [-0.05, 0) is 12.5 Å². The lowest BCUT2D eigenvalue weighted by molar-refractivity contribution is -0.146. The molecule has 0 spiro atoms. The fraction of sp³-hybridized carbons (Fsp3) is 0.500. The number of amides is 1. The maximum absolute atomic E-state index is 12.7. The van der Waals surface area contributed by atoms with Gasteiger partial charge in [-0.3, -0.25) is 4.79 Å². The molecule has 4 nitrogen and oxygen atoms in total. The summed E-state index contributed by atoms with van der Waals surface area (Å²) >= 11 is 0. The average Bonchev–Trinajstić information content (AvgIpc) is 2.53. The van der Waals surface area contributed by atoms with E-state index in [-0.39, 0.29) is 18.9 Å². The second kappa shape index (κ2) is 7.36. The van der Waals surface area contributed by atoms with Crippen LogP contribution in [-0.2, 0) is 4.79 Å². The SMILES string of the molecule is N#CCCN(CCC(F)(F)F)C(=O)[C@H]1CCOc2ccccc21. The molecule has 1 aliphatic heterocycles. The van der Waals surface area contributed by atoms with E-state index in [1.165, 1.54) is 0 Å². The maximum atomic E-state index is 12.7.